The van der Waals surface area contributed by atoms with Crippen molar-refractivity contribution >= 4 is 11.7 Å². The third-order valence-electron chi connectivity index (χ3n) is 3.16. The molecule has 0 aliphatic heterocycles. The van der Waals surface area contributed by atoms with Gasteiger partial charge in [0.2, 0.25) is 0 Å². The first kappa shape index (κ1) is 14.1. The lowest BCUT2D eigenvalue weighted by atomic mass is 10.1. The monoisotopic (exact) mass is 270 g/mol. The number of anilines is 1. The number of aromatic carboxylic acids is 1. The minimum atomic E-state index is -0.955. The summed E-state index contributed by atoms with van der Waals surface area (Å²) in [6.07, 6.45) is 1.42. The first-order valence-corrected chi connectivity index (χ1v) is 6.44. The maximum Gasteiger partial charge on any atom is 0.339 e. The normalized spacial score (nSPS) is 10.3. The van der Waals surface area contributed by atoms with E-state index in [1.807, 2.05) is 44.0 Å². The first-order valence-electron chi connectivity index (χ1n) is 6.44. The molecule has 0 amide bonds. The summed E-state index contributed by atoms with van der Waals surface area (Å²) in [4.78, 5) is 17.3. The van der Waals surface area contributed by atoms with Crippen molar-refractivity contribution in [3.63, 3.8) is 0 Å². The van der Waals surface area contributed by atoms with E-state index in [4.69, 9.17) is 0 Å². The van der Waals surface area contributed by atoms with Crippen LogP contribution in [0.25, 0.3) is 0 Å². The number of aromatic nitrogens is 1. The van der Waals surface area contributed by atoms with E-state index >= 15 is 0 Å². The van der Waals surface area contributed by atoms with Crippen molar-refractivity contribution in [1.29, 1.82) is 0 Å². The average molecular weight is 270 g/mol. The van der Waals surface area contributed by atoms with Gasteiger partial charge in [0.1, 0.15) is 5.56 Å². The minimum Gasteiger partial charge on any atom is -0.478 e. The number of benzene rings is 1. The Morgan fingerprint density at radius 2 is 2.05 bits per heavy atom. The van der Waals surface area contributed by atoms with Crippen molar-refractivity contribution in [2.24, 2.45) is 0 Å². The van der Waals surface area contributed by atoms with Crippen LogP contribution in [-0.2, 0) is 6.54 Å². The summed E-state index contributed by atoms with van der Waals surface area (Å²) in [7, 11) is 1.89. The van der Waals surface area contributed by atoms with Crippen LogP contribution >= 0.6 is 0 Å². The van der Waals surface area contributed by atoms with E-state index in [0.29, 0.717) is 12.2 Å². The summed E-state index contributed by atoms with van der Waals surface area (Å²) in [6, 6.07) is 10.00. The number of pyridine rings is 1. The van der Waals surface area contributed by atoms with Crippen LogP contribution in [0, 0.1) is 13.8 Å². The van der Waals surface area contributed by atoms with Gasteiger partial charge in [-0.25, -0.2) is 4.79 Å². The number of aryl methyl sites for hydroxylation is 2. The molecule has 2 aromatic rings. The molecule has 0 unspecified atom stereocenters. The molecule has 0 fully saturated rings. The molecule has 0 aliphatic rings. The number of carboxylic acid groups (broad SMARTS) is 1. The Hall–Kier alpha value is -2.36. The van der Waals surface area contributed by atoms with E-state index in [0.717, 1.165) is 11.3 Å². The number of nitrogens with zero attached hydrogens (tertiary/aromatic N) is 2. The summed E-state index contributed by atoms with van der Waals surface area (Å²) in [6.45, 7) is 4.56. The van der Waals surface area contributed by atoms with E-state index in [-0.39, 0.29) is 5.56 Å². The van der Waals surface area contributed by atoms with E-state index in [9.17, 15) is 9.90 Å². The van der Waals surface area contributed by atoms with Gasteiger partial charge in [0.25, 0.3) is 0 Å². The Morgan fingerprint density at radius 3 is 2.70 bits per heavy atom. The van der Waals surface area contributed by atoms with Gasteiger partial charge in [-0.1, -0.05) is 29.8 Å². The fraction of sp³-hybridized carbons (Fsp3) is 0.250. The lowest BCUT2D eigenvalue weighted by Gasteiger charge is -2.21. The number of rotatable bonds is 4. The smallest absolute Gasteiger partial charge is 0.339 e. The predicted octanol–water partition coefficient (Wildman–Crippen LogP) is 3.03. The predicted molar refractivity (Wildman–Crippen MR) is 79.2 cm³/mol. The highest BCUT2D eigenvalue weighted by molar-refractivity contribution is 5.94. The molecule has 104 valence electrons. The van der Waals surface area contributed by atoms with Crippen LogP contribution in [0.3, 0.4) is 0 Å². The van der Waals surface area contributed by atoms with Gasteiger partial charge < -0.3 is 10.0 Å². The second-order valence-corrected chi connectivity index (χ2v) is 4.99. The third kappa shape index (κ3) is 3.15. The highest BCUT2D eigenvalue weighted by Crippen LogP contribution is 2.22. The lowest BCUT2D eigenvalue weighted by molar-refractivity contribution is 0.0697. The molecule has 1 aromatic heterocycles. The van der Waals surface area contributed by atoms with E-state index in [1.54, 1.807) is 6.07 Å². The Labute approximate surface area is 118 Å². The molecule has 1 aromatic carbocycles. The van der Waals surface area contributed by atoms with Gasteiger partial charge in [-0.3, -0.25) is 4.98 Å². The van der Waals surface area contributed by atoms with Gasteiger partial charge in [-0.05, 0) is 25.5 Å². The summed E-state index contributed by atoms with van der Waals surface area (Å²) in [5.74, 6) is -0.955. The molecule has 1 N–H and O–H groups in total. The molecule has 0 spiro atoms. The summed E-state index contributed by atoms with van der Waals surface area (Å²) >= 11 is 0. The standard InChI is InChI=1S/C16H18N2O2/c1-11-5-4-6-13(7-11)10-18(3)15-8-12(2)17-9-14(15)16(19)20/h4-9H,10H2,1-3H3,(H,19,20). The van der Waals surface area contributed by atoms with Gasteiger partial charge in [-0.2, -0.15) is 0 Å². The zero-order chi connectivity index (χ0) is 14.7. The second-order valence-electron chi connectivity index (χ2n) is 4.99. The maximum absolute atomic E-state index is 11.3. The van der Waals surface area contributed by atoms with Crippen LogP contribution < -0.4 is 4.90 Å². The van der Waals surface area contributed by atoms with Gasteiger partial charge in [0, 0.05) is 25.5 Å². The summed E-state index contributed by atoms with van der Waals surface area (Å²) < 4.78 is 0. The third-order valence-corrected chi connectivity index (χ3v) is 3.16. The van der Waals surface area contributed by atoms with Gasteiger partial charge in [0.15, 0.2) is 0 Å². The molecular formula is C16H18N2O2. The molecule has 0 saturated carbocycles. The van der Waals surface area contributed by atoms with Crippen LogP contribution in [0.15, 0.2) is 36.5 Å². The molecule has 20 heavy (non-hydrogen) atoms. The van der Waals surface area contributed by atoms with Gasteiger partial charge in [-0.15, -0.1) is 0 Å². The molecular weight excluding hydrogens is 252 g/mol. The summed E-state index contributed by atoms with van der Waals surface area (Å²) in [5, 5.41) is 9.25. The maximum atomic E-state index is 11.3. The molecule has 4 nitrogen and oxygen atoms in total. The fourth-order valence-electron chi connectivity index (χ4n) is 2.20. The van der Waals surface area contributed by atoms with Crippen molar-refractivity contribution in [1.82, 2.24) is 4.98 Å². The number of hydrogen-bond acceptors (Lipinski definition) is 3. The Morgan fingerprint density at radius 1 is 1.30 bits per heavy atom. The number of hydrogen-bond donors (Lipinski definition) is 1. The van der Waals surface area contributed by atoms with E-state index in [2.05, 4.69) is 11.1 Å². The molecule has 0 atom stereocenters. The van der Waals surface area contributed by atoms with Gasteiger partial charge in [0.05, 0.1) is 5.69 Å². The Bertz CT molecular complexity index is 638. The van der Waals surface area contributed by atoms with Crippen molar-refractivity contribution in [3.05, 3.63) is 58.9 Å². The molecule has 4 heteroatoms. The van der Waals surface area contributed by atoms with Crippen LogP contribution in [0.4, 0.5) is 5.69 Å². The van der Waals surface area contributed by atoms with Crippen molar-refractivity contribution in [2.45, 2.75) is 20.4 Å². The topological polar surface area (TPSA) is 53.4 Å². The van der Waals surface area contributed by atoms with Crippen LogP contribution in [-0.4, -0.2) is 23.1 Å². The number of carbonyl (C=O) groups is 1. The first-order chi connectivity index (χ1) is 9.47. The highest BCUT2D eigenvalue weighted by atomic mass is 16.4. The van der Waals surface area contributed by atoms with E-state index in [1.165, 1.54) is 11.8 Å². The van der Waals surface area contributed by atoms with Crippen LogP contribution in [0.5, 0.6) is 0 Å². The fourth-order valence-corrected chi connectivity index (χ4v) is 2.20. The van der Waals surface area contributed by atoms with Gasteiger partial charge >= 0.3 is 5.97 Å². The average Bonchev–Trinajstić information content (AvgIpc) is 2.38. The molecule has 0 radical (unpaired) electrons. The molecule has 0 aliphatic carbocycles. The Kier molecular flexibility index (Phi) is 4.03. The highest BCUT2D eigenvalue weighted by Gasteiger charge is 2.14. The Balaban J connectivity index is 2.31. The second kappa shape index (κ2) is 5.74. The van der Waals surface area contributed by atoms with Crippen molar-refractivity contribution < 1.29 is 9.90 Å². The van der Waals surface area contributed by atoms with Crippen molar-refractivity contribution in [2.75, 3.05) is 11.9 Å². The summed E-state index contributed by atoms with van der Waals surface area (Å²) in [5.41, 5.74) is 4.07. The molecule has 0 bridgehead atoms. The SMILES string of the molecule is Cc1cccc(CN(C)c2cc(C)ncc2C(=O)O)c1. The minimum absolute atomic E-state index is 0.228. The van der Waals surface area contributed by atoms with E-state index < -0.39 is 5.97 Å². The largest absolute Gasteiger partial charge is 0.478 e. The van der Waals surface area contributed by atoms with Crippen molar-refractivity contribution in [3.8, 4) is 0 Å². The van der Waals surface area contributed by atoms with Crippen LogP contribution in [0.2, 0.25) is 0 Å². The zero-order valence-corrected chi connectivity index (χ0v) is 11.9. The zero-order valence-electron chi connectivity index (χ0n) is 11.9. The molecule has 2 rings (SSSR count). The van der Waals surface area contributed by atoms with Crippen LogP contribution in [0.1, 0.15) is 27.2 Å². The quantitative estimate of drug-likeness (QED) is 0.927. The number of carboxylic acids is 1. The lowest BCUT2D eigenvalue weighted by Crippen LogP contribution is -2.20. The molecule has 0 saturated heterocycles. The molecule has 1 heterocycles.